The second-order valence-corrected chi connectivity index (χ2v) is 7.29. The van der Waals surface area contributed by atoms with Gasteiger partial charge in [0.05, 0.1) is 6.54 Å². The molecule has 1 fully saturated rings. The fourth-order valence-electron chi connectivity index (χ4n) is 3.50. The Kier molecular flexibility index (Phi) is 8.78. The summed E-state index contributed by atoms with van der Waals surface area (Å²) in [5.74, 6) is 0.935. The molecular formula is C21H33N5O2. The number of amides is 2. The number of piperidine rings is 1. The zero-order valence-corrected chi connectivity index (χ0v) is 17.0. The first kappa shape index (κ1) is 21.7. The van der Waals surface area contributed by atoms with Crippen LogP contribution in [0.2, 0.25) is 0 Å². The van der Waals surface area contributed by atoms with Gasteiger partial charge in [-0.3, -0.25) is 9.59 Å². The number of primary amides is 1. The second-order valence-electron chi connectivity index (χ2n) is 7.29. The van der Waals surface area contributed by atoms with E-state index in [0.29, 0.717) is 19.4 Å². The van der Waals surface area contributed by atoms with Gasteiger partial charge in [0.2, 0.25) is 11.8 Å². The predicted molar refractivity (Wildman–Crippen MR) is 113 cm³/mol. The van der Waals surface area contributed by atoms with Gasteiger partial charge in [0.25, 0.3) is 0 Å². The van der Waals surface area contributed by atoms with Crippen LogP contribution in [0, 0.1) is 5.92 Å². The SMILES string of the molecule is CCCC(=O)Nc1cccc(CN=C(NCC)N2CCCC(CC(N)=O)C2)c1. The van der Waals surface area contributed by atoms with Crippen molar-refractivity contribution in [2.45, 2.75) is 52.5 Å². The van der Waals surface area contributed by atoms with Gasteiger partial charge in [-0.15, -0.1) is 0 Å². The van der Waals surface area contributed by atoms with Crippen LogP contribution < -0.4 is 16.4 Å². The van der Waals surface area contributed by atoms with Crippen LogP contribution in [0.4, 0.5) is 5.69 Å². The van der Waals surface area contributed by atoms with E-state index in [-0.39, 0.29) is 17.7 Å². The number of aliphatic imine (C=N–C) groups is 1. The molecule has 0 aliphatic carbocycles. The summed E-state index contributed by atoms with van der Waals surface area (Å²) >= 11 is 0. The van der Waals surface area contributed by atoms with Crippen molar-refractivity contribution in [2.75, 3.05) is 25.0 Å². The maximum atomic E-state index is 11.8. The smallest absolute Gasteiger partial charge is 0.224 e. The van der Waals surface area contributed by atoms with Gasteiger partial charge < -0.3 is 21.3 Å². The number of carbonyl (C=O) groups is 2. The quantitative estimate of drug-likeness (QED) is 0.471. The number of nitrogens with zero attached hydrogens (tertiary/aromatic N) is 2. The first-order valence-electron chi connectivity index (χ1n) is 10.2. The van der Waals surface area contributed by atoms with Gasteiger partial charge in [-0.05, 0) is 49.8 Å². The van der Waals surface area contributed by atoms with Crippen molar-refractivity contribution in [2.24, 2.45) is 16.6 Å². The highest BCUT2D eigenvalue weighted by Gasteiger charge is 2.23. The van der Waals surface area contributed by atoms with Crippen LogP contribution in [-0.4, -0.2) is 42.3 Å². The van der Waals surface area contributed by atoms with E-state index in [1.807, 2.05) is 38.1 Å². The second kappa shape index (κ2) is 11.3. The Bertz CT molecular complexity index is 689. The van der Waals surface area contributed by atoms with Crippen LogP contribution in [0.1, 0.15) is 51.5 Å². The van der Waals surface area contributed by atoms with Gasteiger partial charge in [-0.25, -0.2) is 4.99 Å². The Morgan fingerprint density at radius 1 is 1.32 bits per heavy atom. The molecule has 0 saturated carbocycles. The number of guanidine groups is 1. The van der Waals surface area contributed by atoms with Gasteiger partial charge in [0.1, 0.15) is 0 Å². The van der Waals surface area contributed by atoms with E-state index in [4.69, 9.17) is 10.7 Å². The summed E-state index contributed by atoms with van der Waals surface area (Å²) in [6.45, 7) is 7.06. The van der Waals surface area contributed by atoms with Gasteiger partial charge >= 0.3 is 0 Å². The third-order valence-electron chi connectivity index (χ3n) is 4.74. The van der Waals surface area contributed by atoms with Crippen molar-refractivity contribution in [3.63, 3.8) is 0 Å². The fourth-order valence-corrected chi connectivity index (χ4v) is 3.50. The first-order valence-corrected chi connectivity index (χ1v) is 10.2. The molecule has 154 valence electrons. The third kappa shape index (κ3) is 7.21. The molecular weight excluding hydrogens is 354 g/mol. The molecule has 7 heteroatoms. The lowest BCUT2D eigenvalue weighted by atomic mass is 9.95. The van der Waals surface area contributed by atoms with Crippen molar-refractivity contribution in [3.8, 4) is 0 Å². The Balaban J connectivity index is 2.03. The minimum atomic E-state index is -0.240. The highest BCUT2D eigenvalue weighted by molar-refractivity contribution is 5.90. The van der Waals surface area contributed by atoms with Gasteiger partial charge in [-0.1, -0.05) is 19.1 Å². The number of nitrogens with two attached hydrogens (primary N) is 1. The van der Waals surface area contributed by atoms with Gasteiger partial charge in [-0.2, -0.15) is 0 Å². The summed E-state index contributed by atoms with van der Waals surface area (Å²) < 4.78 is 0. The standard InChI is InChI=1S/C21H33N5O2/c1-3-7-20(28)25-18-10-5-8-16(12-18)14-24-21(23-4-2)26-11-6-9-17(15-26)13-19(22)27/h5,8,10,12,17H,3-4,6-7,9,11,13-15H2,1-2H3,(H2,22,27)(H,23,24)(H,25,28). The molecule has 1 aromatic carbocycles. The zero-order chi connectivity index (χ0) is 20.4. The number of rotatable bonds is 8. The van der Waals surface area contributed by atoms with Crippen molar-refractivity contribution < 1.29 is 9.59 Å². The molecule has 1 aliphatic heterocycles. The summed E-state index contributed by atoms with van der Waals surface area (Å²) in [4.78, 5) is 30.1. The molecule has 1 saturated heterocycles. The number of likely N-dealkylation sites (tertiary alicyclic amines) is 1. The molecule has 1 heterocycles. The first-order chi connectivity index (χ1) is 13.5. The van der Waals surface area contributed by atoms with Crippen molar-refractivity contribution in [1.82, 2.24) is 10.2 Å². The number of carbonyl (C=O) groups excluding carboxylic acids is 2. The largest absolute Gasteiger partial charge is 0.370 e. The summed E-state index contributed by atoms with van der Waals surface area (Å²) in [6.07, 6.45) is 3.83. The van der Waals surface area contributed by atoms with E-state index in [0.717, 1.165) is 56.1 Å². The number of hydrogen-bond donors (Lipinski definition) is 3. The van der Waals surface area contributed by atoms with Crippen LogP contribution >= 0.6 is 0 Å². The molecule has 0 bridgehead atoms. The molecule has 7 nitrogen and oxygen atoms in total. The van der Waals surface area contributed by atoms with Crippen molar-refractivity contribution in [3.05, 3.63) is 29.8 Å². The van der Waals surface area contributed by atoms with E-state index in [1.165, 1.54) is 0 Å². The lowest BCUT2D eigenvalue weighted by Crippen LogP contribution is -2.47. The van der Waals surface area contributed by atoms with Crippen LogP contribution in [0.5, 0.6) is 0 Å². The minimum Gasteiger partial charge on any atom is -0.370 e. The summed E-state index contributed by atoms with van der Waals surface area (Å²) in [6, 6.07) is 7.80. The summed E-state index contributed by atoms with van der Waals surface area (Å²) in [5, 5.41) is 6.28. The van der Waals surface area contributed by atoms with Crippen molar-refractivity contribution >= 4 is 23.5 Å². The number of benzene rings is 1. The molecule has 0 aromatic heterocycles. The van der Waals surface area contributed by atoms with E-state index in [2.05, 4.69) is 15.5 Å². The molecule has 4 N–H and O–H groups in total. The molecule has 0 radical (unpaired) electrons. The molecule has 1 unspecified atom stereocenters. The average molecular weight is 388 g/mol. The zero-order valence-electron chi connectivity index (χ0n) is 17.0. The molecule has 0 spiro atoms. The average Bonchev–Trinajstić information content (AvgIpc) is 2.65. The Labute approximate surface area is 167 Å². The minimum absolute atomic E-state index is 0.0327. The van der Waals surface area contributed by atoms with E-state index in [1.54, 1.807) is 0 Å². The van der Waals surface area contributed by atoms with Crippen LogP contribution in [0.3, 0.4) is 0 Å². The number of nitrogens with one attached hydrogen (secondary N) is 2. The monoisotopic (exact) mass is 387 g/mol. The molecule has 28 heavy (non-hydrogen) atoms. The highest BCUT2D eigenvalue weighted by atomic mass is 16.1. The lowest BCUT2D eigenvalue weighted by Gasteiger charge is -2.34. The molecule has 2 amide bonds. The number of hydrogen-bond acceptors (Lipinski definition) is 3. The van der Waals surface area contributed by atoms with Crippen LogP contribution in [0.15, 0.2) is 29.3 Å². The Morgan fingerprint density at radius 3 is 2.86 bits per heavy atom. The Morgan fingerprint density at radius 2 is 2.14 bits per heavy atom. The Hall–Kier alpha value is -2.57. The van der Waals surface area contributed by atoms with Crippen LogP contribution in [-0.2, 0) is 16.1 Å². The molecule has 1 aliphatic rings. The van der Waals surface area contributed by atoms with Crippen LogP contribution in [0.25, 0.3) is 0 Å². The molecule has 2 rings (SSSR count). The topological polar surface area (TPSA) is 99.8 Å². The normalized spacial score (nSPS) is 17.3. The van der Waals surface area contributed by atoms with Gasteiger partial charge in [0.15, 0.2) is 5.96 Å². The lowest BCUT2D eigenvalue weighted by molar-refractivity contribution is -0.119. The summed E-state index contributed by atoms with van der Waals surface area (Å²) in [5.41, 5.74) is 7.21. The molecule has 1 aromatic rings. The maximum absolute atomic E-state index is 11.8. The highest BCUT2D eigenvalue weighted by Crippen LogP contribution is 2.20. The van der Waals surface area contributed by atoms with Crippen molar-refractivity contribution in [1.29, 1.82) is 0 Å². The number of anilines is 1. The summed E-state index contributed by atoms with van der Waals surface area (Å²) in [7, 11) is 0. The maximum Gasteiger partial charge on any atom is 0.224 e. The fraction of sp³-hybridized carbons (Fsp3) is 0.571. The third-order valence-corrected chi connectivity index (χ3v) is 4.74. The van der Waals surface area contributed by atoms with E-state index < -0.39 is 0 Å². The van der Waals surface area contributed by atoms with E-state index >= 15 is 0 Å². The van der Waals surface area contributed by atoms with Gasteiger partial charge in [0, 0.05) is 38.2 Å². The molecule has 1 atom stereocenters. The van der Waals surface area contributed by atoms with E-state index in [9.17, 15) is 9.59 Å². The predicted octanol–water partition coefficient (Wildman–Crippen LogP) is 2.48.